The molecule has 1 aliphatic rings. The number of benzene rings is 3. The molecule has 2 heterocycles. The molecule has 13 heteroatoms. The first-order chi connectivity index (χ1) is 24.4. The molecule has 0 saturated heterocycles. The summed E-state index contributed by atoms with van der Waals surface area (Å²) in [6.45, 7) is 3.27. The third kappa shape index (κ3) is 9.13. The molecule has 0 saturated carbocycles. The predicted octanol–water partition coefficient (Wildman–Crippen LogP) is 6.92. The van der Waals surface area contributed by atoms with Crippen molar-refractivity contribution in [1.29, 1.82) is 0 Å². The molecule has 268 valence electrons. The van der Waals surface area contributed by atoms with E-state index >= 15 is 0 Å². The van der Waals surface area contributed by atoms with Crippen molar-refractivity contribution >= 4 is 11.8 Å². The highest BCUT2D eigenvalue weighted by Gasteiger charge is 2.30. The normalized spacial score (nSPS) is 13.0. The number of alkyl halides is 3. The van der Waals surface area contributed by atoms with Crippen LogP contribution in [0.25, 0.3) is 11.1 Å². The molecule has 0 N–H and O–H groups in total. The molecular formula is C38H41F4N7OS. The summed E-state index contributed by atoms with van der Waals surface area (Å²) in [4.78, 5) is 22.0. The van der Waals surface area contributed by atoms with Gasteiger partial charge in [0.2, 0.25) is 0 Å². The van der Waals surface area contributed by atoms with Crippen molar-refractivity contribution in [3.05, 3.63) is 129 Å². The second-order valence-corrected chi connectivity index (χ2v) is 14.2. The number of fused-ring (bicyclic) bond motifs is 1. The van der Waals surface area contributed by atoms with Crippen molar-refractivity contribution in [3.63, 3.8) is 0 Å². The first-order valence-corrected chi connectivity index (χ1v) is 17.9. The number of nitrogens with zero attached hydrogens (tertiary/aromatic N) is 7. The van der Waals surface area contributed by atoms with Crippen LogP contribution >= 0.6 is 11.8 Å². The number of hydrogen-bond donors (Lipinski definition) is 0. The minimum atomic E-state index is -4.38. The van der Waals surface area contributed by atoms with Gasteiger partial charge in [-0.15, -0.1) is 10.2 Å². The molecular weight excluding hydrogens is 679 g/mol. The van der Waals surface area contributed by atoms with Crippen LogP contribution in [0.1, 0.15) is 52.4 Å². The van der Waals surface area contributed by atoms with E-state index in [4.69, 9.17) is 0 Å². The minimum Gasteiger partial charge on any atom is -0.316 e. The van der Waals surface area contributed by atoms with Crippen LogP contribution in [0, 0.1) is 5.82 Å². The van der Waals surface area contributed by atoms with E-state index in [0.717, 1.165) is 84.1 Å². The average Bonchev–Trinajstić information content (AvgIpc) is 3.74. The van der Waals surface area contributed by atoms with Crippen LogP contribution in [0.5, 0.6) is 0 Å². The van der Waals surface area contributed by atoms with E-state index in [-0.39, 0.29) is 11.4 Å². The lowest BCUT2D eigenvalue weighted by Gasteiger charge is -2.20. The summed E-state index contributed by atoms with van der Waals surface area (Å²) >= 11 is 1.44. The highest BCUT2D eigenvalue weighted by Crippen LogP contribution is 2.31. The monoisotopic (exact) mass is 719 g/mol. The SMILES string of the molecule is CN(C)CCCN(C)Cc1nnc(Cn2c(SCc3ccc(F)cc3)nc(=O)c3c2CCC3)n1Cc1ccc(-c2ccc(C(F)(F)F)cc2)cc1. The molecule has 8 nitrogen and oxygen atoms in total. The fourth-order valence-corrected chi connectivity index (χ4v) is 7.30. The van der Waals surface area contributed by atoms with Gasteiger partial charge < -0.3 is 14.0 Å². The van der Waals surface area contributed by atoms with Gasteiger partial charge in [-0.2, -0.15) is 18.2 Å². The van der Waals surface area contributed by atoms with Gasteiger partial charge in [0, 0.05) is 17.0 Å². The second kappa shape index (κ2) is 15.9. The summed E-state index contributed by atoms with van der Waals surface area (Å²) in [5.74, 6) is 1.74. The molecule has 1 aliphatic carbocycles. The Bertz CT molecular complexity index is 1990. The van der Waals surface area contributed by atoms with Crippen molar-refractivity contribution in [3.8, 4) is 11.1 Å². The highest BCUT2D eigenvalue weighted by molar-refractivity contribution is 7.98. The van der Waals surface area contributed by atoms with Crippen LogP contribution in [-0.4, -0.2) is 68.3 Å². The first kappa shape index (κ1) is 36.5. The van der Waals surface area contributed by atoms with Crippen LogP contribution in [-0.2, 0) is 44.4 Å². The number of halogens is 4. The smallest absolute Gasteiger partial charge is 0.316 e. The Labute approximate surface area is 299 Å². The second-order valence-electron chi connectivity index (χ2n) is 13.3. The van der Waals surface area contributed by atoms with E-state index in [0.29, 0.717) is 42.5 Å². The van der Waals surface area contributed by atoms with Crippen molar-refractivity contribution < 1.29 is 17.6 Å². The Hall–Kier alpha value is -4.33. The summed E-state index contributed by atoms with van der Waals surface area (Å²) in [5, 5.41) is 9.93. The topological polar surface area (TPSA) is 72.1 Å². The quantitative estimate of drug-likeness (QED) is 0.0702. The standard InChI is InChI=1S/C38H41F4N7OS/c1-46(2)20-5-21-47(3)23-34-44-45-35(49(34)22-26-8-12-28(13-9-26)29-14-16-30(17-15-29)38(40,41)42)24-48-33-7-4-6-32(33)36(50)43-37(48)51-25-27-10-18-31(39)19-11-27/h8-19H,4-7,20-25H2,1-3H3. The maximum Gasteiger partial charge on any atom is 0.416 e. The third-order valence-electron chi connectivity index (χ3n) is 9.08. The molecule has 0 atom stereocenters. The Kier molecular flexibility index (Phi) is 11.4. The summed E-state index contributed by atoms with van der Waals surface area (Å²) in [5.41, 5.74) is 4.25. The summed E-state index contributed by atoms with van der Waals surface area (Å²) < 4.78 is 57.1. The lowest BCUT2D eigenvalue weighted by atomic mass is 10.0. The Morgan fingerprint density at radius 3 is 2.10 bits per heavy atom. The highest BCUT2D eigenvalue weighted by atomic mass is 32.2. The van der Waals surface area contributed by atoms with Gasteiger partial charge in [0.05, 0.1) is 25.2 Å². The molecule has 0 radical (unpaired) electrons. The van der Waals surface area contributed by atoms with Crippen molar-refractivity contribution in [1.82, 2.24) is 34.1 Å². The minimum absolute atomic E-state index is 0.199. The van der Waals surface area contributed by atoms with Gasteiger partial charge in [-0.1, -0.05) is 60.3 Å². The molecule has 0 aliphatic heterocycles. The van der Waals surface area contributed by atoms with Gasteiger partial charge in [-0.05, 0) is 106 Å². The van der Waals surface area contributed by atoms with Gasteiger partial charge >= 0.3 is 6.18 Å². The molecule has 0 spiro atoms. The van der Waals surface area contributed by atoms with E-state index in [1.54, 1.807) is 12.1 Å². The van der Waals surface area contributed by atoms with Crippen molar-refractivity contribution in [2.75, 3.05) is 34.2 Å². The molecule has 0 fully saturated rings. The molecule has 5 aromatic rings. The fraction of sp³-hybridized carbons (Fsp3) is 0.368. The molecule has 6 rings (SSSR count). The van der Waals surface area contributed by atoms with Gasteiger partial charge in [-0.25, -0.2) is 4.39 Å². The Balaban J connectivity index is 1.30. The largest absolute Gasteiger partial charge is 0.416 e. The van der Waals surface area contributed by atoms with Gasteiger partial charge in [0.25, 0.3) is 5.56 Å². The summed E-state index contributed by atoms with van der Waals surface area (Å²) in [7, 11) is 6.18. The third-order valence-corrected chi connectivity index (χ3v) is 10.1. The van der Waals surface area contributed by atoms with Crippen LogP contribution in [0.2, 0.25) is 0 Å². The van der Waals surface area contributed by atoms with Crippen LogP contribution < -0.4 is 5.56 Å². The van der Waals surface area contributed by atoms with Crippen molar-refractivity contribution in [2.24, 2.45) is 0 Å². The zero-order valence-electron chi connectivity index (χ0n) is 29.0. The van der Waals surface area contributed by atoms with Crippen LogP contribution in [0.15, 0.2) is 82.7 Å². The van der Waals surface area contributed by atoms with E-state index in [9.17, 15) is 22.4 Å². The predicted molar refractivity (Wildman–Crippen MR) is 191 cm³/mol. The lowest BCUT2D eigenvalue weighted by Crippen LogP contribution is -2.26. The molecule has 0 unspecified atom stereocenters. The average molecular weight is 720 g/mol. The number of aromatic nitrogens is 5. The van der Waals surface area contributed by atoms with Gasteiger partial charge in [-0.3, -0.25) is 9.69 Å². The number of rotatable bonds is 14. The van der Waals surface area contributed by atoms with Crippen molar-refractivity contribution in [2.45, 2.75) is 62.4 Å². The molecule has 3 aromatic carbocycles. The summed E-state index contributed by atoms with van der Waals surface area (Å²) in [6.07, 6.45) is -1.06. The van der Waals surface area contributed by atoms with Gasteiger partial charge in [0.15, 0.2) is 11.0 Å². The van der Waals surface area contributed by atoms with E-state index in [1.165, 1.54) is 36.0 Å². The fourth-order valence-electron chi connectivity index (χ4n) is 6.33. The van der Waals surface area contributed by atoms with E-state index in [1.807, 2.05) is 24.3 Å². The molecule has 2 aromatic heterocycles. The molecule has 0 bridgehead atoms. The maximum atomic E-state index is 13.6. The number of hydrogen-bond acceptors (Lipinski definition) is 7. The van der Waals surface area contributed by atoms with E-state index in [2.05, 4.69) is 55.3 Å². The summed E-state index contributed by atoms with van der Waals surface area (Å²) in [6, 6.07) is 19.3. The Morgan fingerprint density at radius 1 is 0.784 bits per heavy atom. The maximum absolute atomic E-state index is 13.6. The van der Waals surface area contributed by atoms with Gasteiger partial charge in [0.1, 0.15) is 11.6 Å². The zero-order valence-corrected chi connectivity index (χ0v) is 29.8. The molecule has 0 amide bonds. The molecule has 51 heavy (non-hydrogen) atoms. The zero-order chi connectivity index (χ0) is 36.1. The van der Waals surface area contributed by atoms with Crippen LogP contribution in [0.4, 0.5) is 17.6 Å². The van der Waals surface area contributed by atoms with Crippen LogP contribution in [0.3, 0.4) is 0 Å². The first-order valence-electron chi connectivity index (χ1n) is 16.9. The lowest BCUT2D eigenvalue weighted by molar-refractivity contribution is -0.137. The Morgan fingerprint density at radius 2 is 1.43 bits per heavy atom. The number of thioether (sulfide) groups is 1. The van der Waals surface area contributed by atoms with E-state index < -0.39 is 11.7 Å².